The molecule has 0 aliphatic rings. The molecule has 2 heterocycles. The maximum atomic E-state index is 4.98. The molecule has 15 heavy (non-hydrogen) atoms. The summed E-state index contributed by atoms with van der Waals surface area (Å²) in [6.45, 7) is 3.60. The number of nitrogens with zero attached hydrogens (tertiary/aromatic N) is 1. The number of hydrogen-bond donors (Lipinski definition) is 1. The summed E-state index contributed by atoms with van der Waals surface area (Å²) >= 11 is 0. The van der Waals surface area contributed by atoms with Crippen LogP contribution < -0.4 is 5.32 Å². The summed E-state index contributed by atoms with van der Waals surface area (Å²) in [7, 11) is 0. The molecule has 2 aromatic rings. The Labute approximate surface area is 89.1 Å². The quantitative estimate of drug-likeness (QED) is 0.826. The summed E-state index contributed by atoms with van der Waals surface area (Å²) in [5, 5.41) is 3.31. The van der Waals surface area contributed by atoms with Crippen LogP contribution in [0, 0.1) is 6.92 Å². The molecule has 2 aromatic heterocycles. The Morgan fingerprint density at radius 2 is 2.20 bits per heavy atom. The van der Waals surface area contributed by atoms with Gasteiger partial charge in [0.2, 0.25) is 0 Å². The molecule has 78 valence electrons. The van der Waals surface area contributed by atoms with Gasteiger partial charge in [0.15, 0.2) is 0 Å². The third-order valence-corrected chi connectivity index (χ3v) is 2.16. The van der Waals surface area contributed by atoms with Crippen LogP contribution >= 0.6 is 0 Å². The van der Waals surface area contributed by atoms with Crippen LogP contribution in [0.1, 0.15) is 17.0 Å². The van der Waals surface area contributed by atoms with E-state index in [0.29, 0.717) is 0 Å². The molecule has 0 unspecified atom stereocenters. The molecular formula is C12H14N2O. The first-order chi connectivity index (χ1) is 7.34. The van der Waals surface area contributed by atoms with E-state index in [9.17, 15) is 0 Å². The van der Waals surface area contributed by atoms with Crippen LogP contribution in [-0.2, 0) is 13.1 Å². The Kier molecular flexibility index (Phi) is 3.15. The van der Waals surface area contributed by atoms with Gasteiger partial charge in [-0.05, 0) is 25.1 Å². The number of rotatable bonds is 4. The smallest absolute Gasteiger partial charge is 0.0947 e. The Bertz CT molecular complexity index is 409. The van der Waals surface area contributed by atoms with Gasteiger partial charge < -0.3 is 9.73 Å². The first-order valence-corrected chi connectivity index (χ1v) is 4.99. The van der Waals surface area contributed by atoms with Gasteiger partial charge in [0.1, 0.15) is 0 Å². The topological polar surface area (TPSA) is 38.1 Å². The summed E-state index contributed by atoms with van der Waals surface area (Å²) in [5.74, 6) is 0. The normalized spacial score (nSPS) is 10.5. The summed E-state index contributed by atoms with van der Waals surface area (Å²) in [6.07, 6.45) is 3.43. The number of pyridine rings is 1. The molecule has 0 fully saturated rings. The lowest BCUT2D eigenvalue weighted by Gasteiger charge is -2.03. The third kappa shape index (κ3) is 2.92. The van der Waals surface area contributed by atoms with Crippen molar-refractivity contribution in [2.75, 3.05) is 0 Å². The van der Waals surface area contributed by atoms with Crippen molar-refractivity contribution in [3.05, 3.63) is 53.7 Å². The maximum Gasteiger partial charge on any atom is 0.0947 e. The zero-order valence-electron chi connectivity index (χ0n) is 8.73. The van der Waals surface area contributed by atoms with Gasteiger partial charge in [0, 0.05) is 24.3 Å². The average molecular weight is 202 g/mol. The van der Waals surface area contributed by atoms with E-state index in [1.165, 1.54) is 0 Å². The number of aromatic nitrogens is 1. The van der Waals surface area contributed by atoms with Crippen molar-refractivity contribution in [1.82, 2.24) is 10.3 Å². The highest BCUT2D eigenvalue weighted by Crippen LogP contribution is 2.01. The van der Waals surface area contributed by atoms with Crippen LogP contribution in [0.3, 0.4) is 0 Å². The van der Waals surface area contributed by atoms with Gasteiger partial charge in [-0.3, -0.25) is 4.98 Å². The molecule has 0 spiro atoms. The second-order valence-corrected chi connectivity index (χ2v) is 3.51. The van der Waals surface area contributed by atoms with Gasteiger partial charge in [0.05, 0.1) is 18.2 Å². The fourth-order valence-corrected chi connectivity index (χ4v) is 1.43. The Balaban J connectivity index is 1.83. The lowest BCUT2D eigenvalue weighted by atomic mass is 10.3. The van der Waals surface area contributed by atoms with Gasteiger partial charge in [-0.2, -0.15) is 0 Å². The second kappa shape index (κ2) is 4.75. The molecule has 0 saturated heterocycles. The molecule has 3 nitrogen and oxygen atoms in total. The van der Waals surface area contributed by atoms with Crippen LogP contribution in [-0.4, -0.2) is 4.98 Å². The van der Waals surface area contributed by atoms with Crippen LogP contribution in [0.25, 0.3) is 0 Å². The van der Waals surface area contributed by atoms with Crippen molar-refractivity contribution >= 4 is 0 Å². The fourth-order valence-electron chi connectivity index (χ4n) is 1.43. The Hall–Kier alpha value is -1.61. The van der Waals surface area contributed by atoms with Crippen LogP contribution in [0.2, 0.25) is 0 Å². The lowest BCUT2D eigenvalue weighted by molar-refractivity contribution is 0.560. The van der Waals surface area contributed by atoms with Crippen LogP contribution in [0.15, 0.2) is 41.2 Å². The minimum atomic E-state index is 0.785. The van der Waals surface area contributed by atoms with Crippen LogP contribution in [0.4, 0.5) is 0 Å². The lowest BCUT2D eigenvalue weighted by Crippen LogP contribution is -2.13. The highest BCUT2D eigenvalue weighted by Gasteiger charge is 1.96. The zero-order chi connectivity index (χ0) is 10.5. The number of nitrogens with one attached hydrogen (secondary N) is 1. The van der Waals surface area contributed by atoms with Crippen molar-refractivity contribution in [1.29, 1.82) is 0 Å². The molecule has 0 saturated carbocycles. The molecule has 0 radical (unpaired) electrons. The van der Waals surface area contributed by atoms with Gasteiger partial charge in [0.25, 0.3) is 0 Å². The van der Waals surface area contributed by atoms with Crippen molar-refractivity contribution in [2.24, 2.45) is 0 Å². The minimum Gasteiger partial charge on any atom is -0.472 e. The van der Waals surface area contributed by atoms with E-state index in [1.807, 2.05) is 31.2 Å². The highest BCUT2D eigenvalue weighted by molar-refractivity contribution is 5.10. The zero-order valence-corrected chi connectivity index (χ0v) is 8.73. The number of hydrogen-bond acceptors (Lipinski definition) is 3. The van der Waals surface area contributed by atoms with Gasteiger partial charge in [-0.1, -0.05) is 6.07 Å². The van der Waals surface area contributed by atoms with E-state index in [1.54, 1.807) is 12.5 Å². The van der Waals surface area contributed by atoms with E-state index in [2.05, 4.69) is 10.3 Å². The average Bonchev–Trinajstić information content (AvgIpc) is 2.71. The molecule has 3 heteroatoms. The van der Waals surface area contributed by atoms with E-state index in [0.717, 1.165) is 30.0 Å². The number of aryl methyl sites for hydroxylation is 1. The van der Waals surface area contributed by atoms with Crippen molar-refractivity contribution in [3.63, 3.8) is 0 Å². The molecule has 2 rings (SSSR count). The Morgan fingerprint density at radius 1 is 1.27 bits per heavy atom. The molecule has 0 atom stereocenters. The summed E-state index contributed by atoms with van der Waals surface area (Å²) in [6, 6.07) is 8.00. The summed E-state index contributed by atoms with van der Waals surface area (Å²) < 4.78 is 4.98. The predicted octanol–water partition coefficient (Wildman–Crippen LogP) is 2.27. The largest absolute Gasteiger partial charge is 0.472 e. The maximum absolute atomic E-state index is 4.98. The van der Waals surface area contributed by atoms with Gasteiger partial charge >= 0.3 is 0 Å². The molecular weight excluding hydrogens is 188 g/mol. The van der Waals surface area contributed by atoms with Crippen molar-refractivity contribution < 1.29 is 4.42 Å². The van der Waals surface area contributed by atoms with Crippen molar-refractivity contribution in [2.45, 2.75) is 20.0 Å². The predicted molar refractivity (Wildman–Crippen MR) is 58.2 cm³/mol. The molecule has 1 N–H and O–H groups in total. The van der Waals surface area contributed by atoms with E-state index >= 15 is 0 Å². The molecule has 0 aliphatic heterocycles. The van der Waals surface area contributed by atoms with Crippen LogP contribution in [0.5, 0.6) is 0 Å². The monoisotopic (exact) mass is 202 g/mol. The first kappa shape index (κ1) is 9.93. The van der Waals surface area contributed by atoms with Crippen molar-refractivity contribution in [3.8, 4) is 0 Å². The van der Waals surface area contributed by atoms with Gasteiger partial charge in [-0.25, -0.2) is 0 Å². The standard InChI is InChI=1S/C12H14N2O/c1-10-3-2-4-12(14-10)8-13-7-11-5-6-15-9-11/h2-6,9,13H,7-8H2,1H3. The van der Waals surface area contributed by atoms with E-state index in [4.69, 9.17) is 4.42 Å². The fraction of sp³-hybridized carbons (Fsp3) is 0.250. The highest BCUT2D eigenvalue weighted by atomic mass is 16.3. The minimum absolute atomic E-state index is 0.785. The van der Waals surface area contributed by atoms with Gasteiger partial charge in [-0.15, -0.1) is 0 Å². The molecule has 0 amide bonds. The summed E-state index contributed by atoms with van der Waals surface area (Å²) in [4.78, 5) is 4.41. The molecule has 0 bridgehead atoms. The van der Waals surface area contributed by atoms with E-state index < -0.39 is 0 Å². The Morgan fingerprint density at radius 3 is 2.93 bits per heavy atom. The number of furan rings is 1. The first-order valence-electron chi connectivity index (χ1n) is 4.99. The molecule has 0 aromatic carbocycles. The third-order valence-electron chi connectivity index (χ3n) is 2.16. The second-order valence-electron chi connectivity index (χ2n) is 3.51. The summed E-state index contributed by atoms with van der Waals surface area (Å²) in [5.41, 5.74) is 3.28. The SMILES string of the molecule is Cc1cccc(CNCc2ccoc2)n1. The van der Waals surface area contributed by atoms with E-state index in [-0.39, 0.29) is 0 Å². The molecule has 0 aliphatic carbocycles.